The van der Waals surface area contributed by atoms with E-state index in [1.54, 1.807) is 18.2 Å². The van der Waals surface area contributed by atoms with Crippen molar-refractivity contribution in [1.82, 2.24) is 0 Å². The molecule has 0 aromatic heterocycles. The molecule has 0 saturated carbocycles. The lowest BCUT2D eigenvalue weighted by atomic mass is 9.91. The van der Waals surface area contributed by atoms with Gasteiger partial charge >= 0.3 is 5.97 Å². The number of methoxy groups -OCH3 is 1. The number of hydrogen-bond donors (Lipinski definition) is 0. The van der Waals surface area contributed by atoms with E-state index in [2.05, 4.69) is 0 Å². The van der Waals surface area contributed by atoms with Crippen LogP contribution in [0, 0.1) is 5.82 Å². The molecule has 1 aliphatic carbocycles. The fourth-order valence-corrected chi connectivity index (χ4v) is 3.53. The zero-order valence-corrected chi connectivity index (χ0v) is 13.6. The molecular formula is C21H15FO3. The van der Waals surface area contributed by atoms with Crippen LogP contribution >= 0.6 is 0 Å². The normalized spacial score (nSPS) is 13.1. The molecule has 0 radical (unpaired) electrons. The highest BCUT2D eigenvalue weighted by Gasteiger charge is 2.27. The second kappa shape index (κ2) is 5.81. The van der Waals surface area contributed by atoms with Crippen molar-refractivity contribution in [2.75, 3.05) is 7.11 Å². The third-order valence-corrected chi connectivity index (χ3v) is 4.73. The predicted octanol–water partition coefficient (Wildman–Crippen LogP) is 4.56. The number of ketones is 1. The maximum Gasteiger partial charge on any atom is 0.337 e. The van der Waals surface area contributed by atoms with Crippen LogP contribution in [0.1, 0.15) is 32.7 Å². The van der Waals surface area contributed by atoms with Crippen LogP contribution in [0.5, 0.6) is 0 Å². The summed E-state index contributed by atoms with van der Waals surface area (Å²) in [5, 5.41) is 1.77. The lowest BCUT2D eigenvalue weighted by molar-refractivity contribution is 0.0600. The second-order valence-electron chi connectivity index (χ2n) is 6.10. The number of esters is 1. The van der Waals surface area contributed by atoms with Gasteiger partial charge in [-0.15, -0.1) is 0 Å². The Hall–Kier alpha value is -3.01. The van der Waals surface area contributed by atoms with Gasteiger partial charge in [-0.25, -0.2) is 9.18 Å². The summed E-state index contributed by atoms with van der Waals surface area (Å²) in [4.78, 5) is 24.2. The fourth-order valence-electron chi connectivity index (χ4n) is 3.53. The molecule has 0 saturated heterocycles. The smallest absolute Gasteiger partial charge is 0.337 e. The van der Waals surface area contributed by atoms with Crippen molar-refractivity contribution >= 4 is 22.5 Å². The topological polar surface area (TPSA) is 43.4 Å². The maximum absolute atomic E-state index is 14.1. The summed E-state index contributed by atoms with van der Waals surface area (Å²) in [5.41, 5.74) is 2.92. The van der Waals surface area contributed by atoms with E-state index in [-0.39, 0.29) is 11.6 Å². The number of hydrogen-bond acceptors (Lipinski definition) is 3. The number of fused-ring (bicyclic) bond motifs is 2. The molecule has 0 heterocycles. The molecule has 124 valence electrons. The summed E-state index contributed by atoms with van der Waals surface area (Å²) in [7, 11) is 1.34. The predicted molar refractivity (Wildman–Crippen MR) is 93.3 cm³/mol. The zero-order valence-electron chi connectivity index (χ0n) is 13.6. The Kier molecular flexibility index (Phi) is 3.61. The van der Waals surface area contributed by atoms with Crippen molar-refractivity contribution < 1.29 is 18.7 Å². The average Bonchev–Trinajstić information content (AvgIpc) is 3.03. The van der Waals surface area contributed by atoms with Gasteiger partial charge in [0.15, 0.2) is 5.78 Å². The maximum atomic E-state index is 14.1. The summed E-state index contributed by atoms with van der Waals surface area (Å²) < 4.78 is 18.9. The molecule has 3 nitrogen and oxygen atoms in total. The largest absolute Gasteiger partial charge is 0.465 e. The van der Waals surface area contributed by atoms with Crippen LogP contribution in [-0.2, 0) is 11.2 Å². The summed E-state index contributed by atoms with van der Waals surface area (Å²) >= 11 is 0. The van der Waals surface area contributed by atoms with E-state index < -0.39 is 5.97 Å². The molecule has 3 aromatic carbocycles. The van der Waals surface area contributed by atoms with Gasteiger partial charge in [-0.1, -0.05) is 30.3 Å². The molecule has 25 heavy (non-hydrogen) atoms. The molecule has 1 aliphatic rings. The fraction of sp³-hybridized carbons (Fsp3) is 0.143. The van der Waals surface area contributed by atoms with Crippen LogP contribution in [0.4, 0.5) is 4.39 Å². The minimum Gasteiger partial charge on any atom is -0.465 e. The Balaban J connectivity index is 2.01. The number of carbonyl (C=O) groups is 2. The van der Waals surface area contributed by atoms with E-state index in [1.807, 2.05) is 24.3 Å². The van der Waals surface area contributed by atoms with Gasteiger partial charge < -0.3 is 4.74 Å². The molecule has 0 N–H and O–H groups in total. The minimum absolute atomic E-state index is 0.0365. The number of carbonyl (C=O) groups excluding carboxylic acids is 2. The first-order valence-electron chi connectivity index (χ1n) is 8.06. The molecule has 0 fully saturated rings. The van der Waals surface area contributed by atoms with Crippen LogP contribution in [0.2, 0.25) is 0 Å². The van der Waals surface area contributed by atoms with Gasteiger partial charge in [0.2, 0.25) is 0 Å². The molecule has 4 rings (SSSR count). The summed E-state index contributed by atoms with van der Waals surface area (Å²) in [6.07, 6.45) is 0.771. The van der Waals surface area contributed by atoms with Crippen LogP contribution < -0.4 is 0 Å². The van der Waals surface area contributed by atoms with Gasteiger partial charge in [-0.05, 0) is 52.1 Å². The van der Waals surface area contributed by atoms with Crippen molar-refractivity contribution in [3.05, 3.63) is 71.0 Å². The van der Waals surface area contributed by atoms with Gasteiger partial charge in [0.25, 0.3) is 0 Å². The van der Waals surface area contributed by atoms with Crippen molar-refractivity contribution in [2.24, 2.45) is 0 Å². The Labute approximate surface area is 144 Å². The molecule has 4 heteroatoms. The minimum atomic E-state index is -0.419. The van der Waals surface area contributed by atoms with E-state index in [0.29, 0.717) is 35.1 Å². The highest BCUT2D eigenvalue weighted by Crippen LogP contribution is 2.37. The molecule has 0 aliphatic heterocycles. The lowest BCUT2D eigenvalue weighted by Gasteiger charge is -2.12. The van der Waals surface area contributed by atoms with Crippen LogP contribution in [0.25, 0.3) is 21.9 Å². The number of ether oxygens (including phenoxy) is 1. The van der Waals surface area contributed by atoms with Crippen LogP contribution in [-0.4, -0.2) is 18.9 Å². The first-order chi connectivity index (χ1) is 12.1. The number of halogens is 1. The molecule has 0 atom stereocenters. The van der Waals surface area contributed by atoms with E-state index in [1.165, 1.54) is 13.2 Å². The Bertz CT molecular complexity index is 1040. The Morgan fingerprint density at radius 1 is 1.04 bits per heavy atom. The van der Waals surface area contributed by atoms with Crippen molar-refractivity contribution in [3.8, 4) is 11.1 Å². The van der Waals surface area contributed by atoms with E-state index in [0.717, 1.165) is 16.3 Å². The Morgan fingerprint density at radius 2 is 1.88 bits per heavy atom. The first kappa shape index (κ1) is 15.5. The standard InChI is InChI=1S/C21H15FO3/c1-25-21(24)13-6-5-12-3-2-4-14(17(12)11-13)15-7-9-18(22)16-8-10-19(23)20(15)16/h2-7,9,11H,8,10H2,1H3. The lowest BCUT2D eigenvalue weighted by Crippen LogP contribution is -2.01. The Morgan fingerprint density at radius 3 is 2.68 bits per heavy atom. The van der Waals surface area contributed by atoms with Gasteiger partial charge in [0, 0.05) is 12.0 Å². The van der Waals surface area contributed by atoms with Crippen molar-refractivity contribution in [1.29, 1.82) is 0 Å². The summed E-state index contributed by atoms with van der Waals surface area (Å²) in [6, 6.07) is 14.1. The molecule has 0 bridgehead atoms. The number of Topliss-reactive ketones (excluding diaryl/α,β-unsaturated/α-hetero) is 1. The third-order valence-electron chi connectivity index (χ3n) is 4.73. The summed E-state index contributed by atoms with van der Waals surface area (Å²) in [5.74, 6) is -0.789. The van der Waals surface area contributed by atoms with Gasteiger partial charge in [-0.3, -0.25) is 4.79 Å². The van der Waals surface area contributed by atoms with E-state index in [9.17, 15) is 14.0 Å². The highest BCUT2D eigenvalue weighted by molar-refractivity contribution is 6.10. The molecule has 0 unspecified atom stereocenters. The van der Waals surface area contributed by atoms with Crippen LogP contribution in [0.15, 0.2) is 48.5 Å². The van der Waals surface area contributed by atoms with E-state index in [4.69, 9.17) is 4.74 Å². The van der Waals surface area contributed by atoms with Gasteiger partial charge in [0.05, 0.1) is 12.7 Å². The second-order valence-corrected chi connectivity index (χ2v) is 6.10. The first-order valence-corrected chi connectivity index (χ1v) is 8.06. The molecular weight excluding hydrogens is 319 g/mol. The highest BCUT2D eigenvalue weighted by atomic mass is 19.1. The molecule has 3 aromatic rings. The zero-order chi connectivity index (χ0) is 17.6. The average molecular weight is 334 g/mol. The van der Waals surface area contributed by atoms with Gasteiger partial charge in [0.1, 0.15) is 5.82 Å². The monoisotopic (exact) mass is 334 g/mol. The SMILES string of the molecule is COC(=O)c1ccc2cccc(-c3ccc(F)c4c3C(=O)CC4)c2c1. The van der Waals surface area contributed by atoms with E-state index >= 15 is 0 Å². The van der Waals surface area contributed by atoms with Crippen molar-refractivity contribution in [3.63, 3.8) is 0 Å². The number of rotatable bonds is 2. The van der Waals surface area contributed by atoms with Gasteiger partial charge in [-0.2, -0.15) is 0 Å². The molecule has 0 spiro atoms. The summed E-state index contributed by atoms with van der Waals surface area (Å²) in [6.45, 7) is 0. The molecule has 0 amide bonds. The quantitative estimate of drug-likeness (QED) is 0.645. The number of benzene rings is 3. The van der Waals surface area contributed by atoms with Crippen molar-refractivity contribution in [2.45, 2.75) is 12.8 Å². The third kappa shape index (κ3) is 2.41. The van der Waals surface area contributed by atoms with Crippen LogP contribution in [0.3, 0.4) is 0 Å².